The van der Waals surface area contributed by atoms with Crippen LogP contribution in [0.3, 0.4) is 0 Å². The molecule has 102 valence electrons. The molecule has 2 radical (unpaired) electrons. The van der Waals surface area contributed by atoms with E-state index in [0.29, 0.717) is 0 Å². The number of aliphatic hydroxyl groups excluding tert-OH is 1. The van der Waals surface area contributed by atoms with E-state index in [2.05, 4.69) is 0 Å². The normalized spacial score (nSPS) is 50.2. The minimum atomic E-state index is -0.891. The Labute approximate surface area is 114 Å². The van der Waals surface area contributed by atoms with Gasteiger partial charge in [-0.05, 0) is 20.8 Å². The highest BCUT2D eigenvalue weighted by Crippen LogP contribution is 2.48. The zero-order valence-electron chi connectivity index (χ0n) is 11.7. The van der Waals surface area contributed by atoms with Crippen LogP contribution in [0, 0.1) is 5.92 Å². The predicted octanol–water partition coefficient (Wildman–Crippen LogP) is -0.347. The quantitative estimate of drug-likeness (QED) is 0.479. The SMILES string of the molecule is [B]N1C(C)C(C)=CC2(C)OC3C(C(=O)N(C)C3O)C12. The average molecular weight is 262 g/mol. The van der Waals surface area contributed by atoms with E-state index in [0.717, 1.165) is 5.57 Å². The second-order valence-corrected chi connectivity index (χ2v) is 6.11. The summed E-state index contributed by atoms with van der Waals surface area (Å²) in [7, 11) is 7.81. The van der Waals surface area contributed by atoms with Crippen LogP contribution in [0.25, 0.3) is 0 Å². The summed E-state index contributed by atoms with van der Waals surface area (Å²) in [4.78, 5) is 15.4. The minimum absolute atomic E-state index is 0.0660. The molecule has 6 heteroatoms. The number of rotatable bonds is 0. The van der Waals surface area contributed by atoms with Crippen LogP contribution in [0.5, 0.6) is 0 Å². The Bertz CT molecular complexity index is 469. The fraction of sp³-hybridized carbons (Fsp3) is 0.769. The molecule has 5 nitrogen and oxygen atoms in total. The highest BCUT2D eigenvalue weighted by molar-refractivity contribution is 6.05. The van der Waals surface area contributed by atoms with E-state index in [1.54, 1.807) is 11.9 Å². The maximum atomic E-state index is 12.3. The van der Waals surface area contributed by atoms with Crippen molar-refractivity contribution in [2.45, 2.75) is 50.8 Å². The molecule has 3 rings (SSSR count). The van der Waals surface area contributed by atoms with Gasteiger partial charge in [-0.1, -0.05) is 11.6 Å². The molecule has 3 heterocycles. The van der Waals surface area contributed by atoms with Crippen molar-refractivity contribution in [3.05, 3.63) is 11.6 Å². The maximum absolute atomic E-state index is 12.3. The molecule has 2 fully saturated rings. The summed E-state index contributed by atoms with van der Waals surface area (Å²) >= 11 is 0. The molecule has 0 aromatic heterocycles. The molecule has 1 N–H and O–H groups in total. The molecule has 3 aliphatic rings. The number of amides is 1. The zero-order valence-corrected chi connectivity index (χ0v) is 11.7. The van der Waals surface area contributed by atoms with Crippen LogP contribution in [0.15, 0.2) is 11.6 Å². The van der Waals surface area contributed by atoms with Crippen molar-refractivity contribution in [2.75, 3.05) is 7.05 Å². The summed E-state index contributed by atoms with van der Waals surface area (Å²) in [5, 5.41) is 10.1. The maximum Gasteiger partial charge on any atom is 0.232 e. The van der Waals surface area contributed by atoms with Gasteiger partial charge < -0.3 is 19.6 Å². The van der Waals surface area contributed by atoms with Crippen molar-refractivity contribution in [1.82, 2.24) is 9.71 Å². The Morgan fingerprint density at radius 2 is 2.16 bits per heavy atom. The molecule has 0 aliphatic carbocycles. The first-order valence-electron chi connectivity index (χ1n) is 6.63. The lowest BCUT2D eigenvalue weighted by molar-refractivity contribution is -0.140. The predicted molar refractivity (Wildman–Crippen MR) is 70.1 cm³/mol. The van der Waals surface area contributed by atoms with E-state index in [4.69, 9.17) is 12.7 Å². The van der Waals surface area contributed by atoms with Gasteiger partial charge in [-0.15, -0.1) is 0 Å². The third kappa shape index (κ3) is 1.51. The van der Waals surface area contributed by atoms with E-state index in [-0.39, 0.29) is 18.0 Å². The number of hydrogen-bond donors (Lipinski definition) is 1. The smallest absolute Gasteiger partial charge is 0.232 e. The highest BCUT2D eigenvalue weighted by Gasteiger charge is 2.64. The van der Waals surface area contributed by atoms with Crippen molar-refractivity contribution < 1.29 is 14.6 Å². The van der Waals surface area contributed by atoms with Crippen LogP contribution in [-0.4, -0.2) is 65.8 Å². The summed E-state index contributed by atoms with van der Waals surface area (Å²) in [5.74, 6) is -0.497. The molecular formula is C13H19BN2O3. The van der Waals surface area contributed by atoms with Gasteiger partial charge in [0, 0.05) is 19.1 Å². The van der Waals surface area contributed by atoms with Crippen LogP contribution in [0.1, 0.15) is 20.8 Å². The van der Waals surface area contributed by atoms with E-state index in [9.17, 15) is 9.90 Å². The Kier molecular flexibility index (Phi) is 2.66. The number of aliphatic hydroxyl groups is 1. The minimum Gasteiger partial charge on any atom is -0.371 e. The van der Waals surface area contributed by atoms with Crippen molar-refractivity contribution in [1.29, 1.82) is 0 Å². The van der Waals surface area contributed by atoms with Gasteiger partial charge in [-0.2, -0.15) is 0 Å². The number of ether oxygens (including phenoxy) is 1. The molecular weight excluding hydrogens is 243 g/mol. The van der Waals surface area contributed by atoms with Gasteiger partial charge in [-0.3, -0.25) is 4.79 Å². The third-order valence-electron chi connectivity index (χ3n) is 4.94. The van der Waals surface area contributed by atoms with E-state index in [1.165, 1.54) is 4.90 Å². The summed E-state index contributed by atoms with van der Waals surface area (Å²) in [6, 6.07) is -0.167. The monoisotopic (exact) mass is 262 g/mol. The molecule has 3 aliphatic heterocycles. The van der Waals surface area contributed by atoms with Crippen molar-refractivity contribution >= 4 is 13.9 Å². The first-order valence-corrected chi connectivity index (χ1v) is 6.63. The molecule has 19 heavy (non-hydrogen) atoms. The average Bonchev–Trinajstić information content (AvgIpc) is 2.75. The lowest BCUT2D eigenvalue weighted by Crippen LogP contribution is -2.57. The number of carbonyl (C=O) groups excluding carboxylic acids is 1. The summed E-state index contributed by atoms with van der Waals surface area (Å²) in [5.41, 5.74) is 0.509. The Morgan fingerprint density at radius 1 is 1.53 bits per heavy atom. The molecule has 0 bridgehead atoms. The summed E-state index contributed by atoms with van der Waals surface area (Å²) in [6.07, 6.45) is 0.648. The third-order valence-corrected chi connectivity index (χ3v) is 4.94. The van der Waals surface area contributed by atoms with Crippen molar-refractivity contribution in [2.24, 2.45) is 5.92 Å². The standard InChI is InChI=1S/C13H19BN2O3/c1-6-5-13(3)10(16(14)7(6)2)8-9(19-13)12(18)15(4)11(8)17/h5,7-10,12,18H,1-4H3. The molecule has 2 saturated heterocycles. The van der Waals surface area contributed by atoms with Gasteiger partial charge in [0.2, 0.25) is 5.91 Å². The Hall–Kier alpha value is -0.845. The fourth-order valence-electron chi connectivity index (χ4n) is 3.73. The highest BCUT2D eigenvalue weighted by atomic mass is 16.5. The first kappa shape index (κ1) is 13.2. The summed E-state index contributed by atoms with van der Waals surface area (Å²) < 4.78 is 6.01. The first-order chi connectivity index (χ1) is 8.78. The van der Waals surface area contributed by atoms with Gasteiger partial charge in [0.1, 0.15) is 6.10 Å². The lowest BCUT2D eigenvalue weighted by Gasteiger charge is -2.45. The van der Waals surface area contributed by atoms with Crippen LogP contribution in [0.4, 0.5) is 0 Å². The molecule has 6 atom stereocenters. The fourth-order valence-corrected chi connectivity index (χ4v) is 3.73. The van der Waals surface area contributed by atoms with Gasteiger partial charge in [0.05, 0.1) is 11.5 Å². The van der Waals surface area contributed by atoms with Crippen LogP contribution >= 0.6 is 0 Å². The molecule has 0 aromatic carbocycles. The molecule has 6 unspecified atom stereocenters. The van der Waals surface area contributed by atoms with E-state index in [1.807, 2.05) is 26.8 Å². The van der Waals surface area contributed by atoms with Crippen molar-refractivity contribution in [3.63, 3.8) is 0 Å². The molecule has 1 amide bonds. The number of likely N-dealkylation sites (tertiary alicyclic amines) is 1. The molecule has 0 aromatic rings. The number of hydrogen-bond acceptors (Lipinski definition) is 4. The topological polar surface area (TPSA) is 53.0 Å². The number of carbonyl (C=O) groups is 1. The number of likely N-dealkylation sites (N-methyl/N-ethyl adjacent to an activating group) is 1. The number of fused-ring (bicyclic) bond motifs is 3. The van der Waals surface area contributed by atoms with Crippen LogP contribution < -0.4 is 0 Å². The van der Waals surface area contributed by atoms with Gasteiger partial charge in [0.25, 0.3) is 0 Å². The second kappa shape index (κ2) is 3.84. The van der Waals surface area contributed by atoms with Gasteiger partial charge >= 0.3 is 0 Å². The van der Waals surface area contributed by atoms with E-state index < -0.39 is 23.9 Å². The largest absolute Gasteiger partial charge is 0.371 e. The van der Waals surface area contributed by atoms with Crippen LogP contribution in [0.2, 0.25) is 0 Å². The lowest BCUT2D eigenvalue weighted by atomic mass is 9.78. The Morgan fingerprint density at radius 3 is 2.79 bits per heavy atom. The molecule has 0 saturated carbocycles. The second-order valence-electron chi connectivity index (χ2n) is 6.11. The van der Waals surface area contributed by atoms with Gasteiger partial charge in [-0.25, -0.2) is 0 Å². The molecule has 0 spiro atoms. The Balaban J connectivity index is 2.06. The summed E-state index contributed by atoms with van der Waals surface area (Å²) in [6.45, 7) is 5.96. The van der Waals surface area contributed by atoms with Gasteiger partial charge in [0.15, 0.2) is 14.2 Å². The van der Waals surface area contributed by atoms with Crippen molar-refractivity contribution in [3.8, 4) is 0 Å². The zero-order chi connectivity index (χ0) is 14.1. The van der Waals surface area contributed by atoms with Crippen LogP contribution in [-0.2, 0) is 9.53 Å². The van der Waals surface area contributed by atoms with E-state index >= 15 is 0 Å². The number of nitrogens with zero attached hydrogens (tertiary/aromatic N) is 2.